The van der Waals surface area contributed by atoms with Crippen molar-refractivity contribution in [2.24, 2.45) is 0 Å². The minimum atomic E-state index is -0.499. The molecule has 0 radical (unpaired) electrons. The average molecular weight is 316 g/mol. The average Bonchev–Trinajstić information content (AvgIpc) is 2.63. The van der Waals surface area contributed by atoms with Crippen LogP contribution in [0.3, 0.4) is 0 Å². The molecule has 0 aliphatic rings. The lowest BCUT2D eigenvalue weighted by Gasteiger charge is -2.12. The number of anilines is 1. The molecule has 0 saturated carbocycles. The fourth-order valence-electron chi connectivity index (χ4n) is 2.48. The van der Waals surface area contributed by atoms with Gasteiger partial charge in [-0.2, -0.15) is 5.26 Å². The highest BCUT2D eigenvalue weighted by Gasteiger charge is 2.15. The van der Waals surface area contributed by atoms with Gasteiger partial charge < -0.3 is 5.32 Å². The van der Waals surface area contributed by atoms with E-state index < -0.39 is 11.7 Å². The Kier molecular flexibility index (Phi) is 4.35. The Hall–Kier alpha value is -3.45. The van der Waals surface area contributed by atoms with Crippen molar-refractivity contribution in [3.8, 4) is 17.2 Å². The Balaban J connectivity index is 2.03. The fourth-order valence-corrected chi connectivity index (χ4v) is 2.48. The van der Waals surface area contributed by atoms with Gasteiger partial charge in [0.25, 0.3) is 5.91 Å². The molecular formula is C20H13FN2O. The number of nitrogens with one attached hydrogen (secondary N) is 1. The summed E-state index contributed by atoms with van der Waals surface area (Å²) in [5.41, 5.74) is 2.26. The molecule has 0 spiro atoms. The van der Waals surface area contributed by atoms with Crippen LogP contribution in [0.2, 0.25) is 0 Å². The Labute approximate surface area is 139 Å². The third-order valence-corrected chi connectivity index (χ3v) is 3.63. The number of nitriles is 1. The van der Waals surface area contributed by atoms with Crippen LogP contribution in [0.25, 0.3) is 11.1 Å². The molecule has 0 heterocycles. The van der Waals surface area contributed by atoms with Crippen molar-refractivity contribution in [2.45, 2.75) is 0 Å². The molecular weight excluding hydrogens is 303 g/mol. The third-order valence-electron chi connectivity index (χ3n) is 3.63. The van der Waals surface area contributed by atoms with Crippen molar-refractivity contribution in [2.75, 3.05) is 5.32 Å². The molecule has 0 bridgehead atoms. The molecule has 0 aliphatic heterocycles. The van der Waals surface area contributed by atoms with Crippen LogP contribution >= 0.6 is 0 Å². The Morgan fingerprint density at radius 1 is 0.875 bits per heavy atom. The zero-order valence-corrected chi connectivity index (χ0v) is 12.7. The first-order chi connectivity index (χ1) is 11.7. The molecule has 0 saturated heterocycles. The number of hydrogen-bond donors (Lipinski definition) is 1. The zero-order valence-electron chi connectivity index (χ0n) is 12.7. The number of carbonyl (C=O) groups is 1. The van der Waals surface area contributed by atoms with Crippen LogP contribution in [0.5, 0.6) is 0 Å². The van der Waals surface area contributed by atoms with E-state index in [0.29, 0.717) is 22.3 Å². The predicted molar refractivity (Wildman–Crippen MR) is 90.9 cm³/mol. The van der Waals surface area contributed by atoms with E-state index in [-0.39, 0.29) is 5.69 Å². The Morgan fingerprint density at radius 2 is 1.50 bits per heavy atom. The number of amides is 1. The van der Waals surface area contributed by atoms with Crippen molar-refractivity contribution in [3.63, 3.8) is 0 Å². The van der Waals surface area contributed by atoms with Gasteiger partial charge in [0.05, 0.1) is 17.3 Å². The second kappa shape index (κ2) is 6.76. The van der Waals surface area contributed by atoms with Gasteiger partial charge in [-0.15, -0.1) is 0 Å². The highest BCUT2D eigenvalue weighted by atomic mass is 19.1. The van der Waals surface area contributed by atoms with Gasteiger partial charge in [0.1, 0.15) is 5.82 Å². The van der Waals surface area contributed by atoms with Crippen LogP contribution < -0.4 is 5.32 Å². The normalized spacial score (nSPS) is 10.0. The first-order valence-corrected chi connectivity index (χ1v) is 7.35. The number of para-hydroxylation sites is 1. The van der Waals surface area contributed by atoms with Crippen molar-refractivity contribution < 1.29 is 9.18 Å². The van der Waals surface area contributed by atoms with Crippen LogP contribution in [0.1, 0.15) is 15.9 Å². The molecule has 4 heteroatoms. The van der Waals surface area contributed by atoms with E-state index in [1.807, 2.05) is 6.07 Å². The van der Waals surface area contributed by atoms with Gasteiger partial charge in [0.2, 0.25) is 0 Å². The van der Waals surface area contributed by atoms with E-state index in [4.69, 9.17) is 0 Å². The summed E-state index contributed by atoms with van der Waals surface area (Å²) in [4.78, 5) is 12.6. The standard InChI is InChI=1S/C20H13FN2O/c21-18-11-5-6-12-19(18)23-20(24)17-10-4-3-9-16(17)15-8-2-1-7-14(15)13-22/h1-12H,(H,23,24). The third kappa shape index (κ3) is 3.01. The largest absolute Gasteiger partial charge is 0.319 e. The summed E-state index contributed by atoms with van der Waals surface area (Å²) in [7, 11) is 0. The monoisotopic (exact) mass is 316 g/mol. The highest BCUT2D eigenvalue weighted by Crippen LogP contribution is 2.27. The minimum absolute atomic E-state index is 0.117. The van der Waals surface area contributed by atoms with Crippen molar-refractivity contribution in [3.05, 3.63) is 89.7 Å². The van der Waals surface area contributed by atoms with Gasteiger partial charge in [-0.05, 0) is 29.8 Å². The predicted octanol–water partition coefficient (Wildman–Crippen LogP) is 4.62. The second-order valence-corrected chi connectivity index (χ2v) is 5.14. The topological polar surface area (TPSA) is 52.9 Å². The van der Waals surface area contributed by atoms with Gasteiger partial charge in [-0.1, -0.05) is 48.5 Å². The van der Waals surface area contributed by atoms with Crippen molar-refractivity contribution in [1.29, 1.82) is 5.26 Å². The van der Waals surface area contributed by atoms with Gasteiger partial charge in [0.15, 0.2) is 0 Å². The highest BCUT2D eigenvalue weighted by molar-refractivity contribution is 6.09. The smallest absolute Gasteiger partial charge is 0.256 e. The Morgan fingerprint density at radius 3 is 2.25 bits per heavy atom. The molecule has 3 aromatic rings. The van der Waals surface area contributed by atoms with E-state index in [0.717, 1.165) is 0 Å². The molecule has 3 aromatic carbocycles. The minimum Gasteiger partial charge on any atom is -0.319 e. The van der Waals surface area contributed by atoms with Crippen LogP contribution in [0.15, 0.2) is 72.8 Å². The molecule has 0 aliphatic carbocycles. The summed E-state index contributed by atoms with van der Waals surface area (Å²) in [5, 5.41) is 11.9. The van der Waals surface area contributed by atoms with E-state index >= 15 is 0 Å². The van der Waals surface area contributed by atoms with E-state index in [1.165, 1.54) is 12.1 Å². The fraction of sp³-hybridized carbons (Fsp3) is 0. The summed E-state index contributed by atoms with van der Waals surface area (Å²) < 4.78 is 13.8. The summed E-state index contributed by atoms with van der Waals surface area (Å²) in [5.74, 6) is -0.927. The number of halogens is 1. The second-order valence-electron chi connectivity index (χ2n) is 5.14. The molecule has 0 aromatic heterocycles. The van der Waals surface area contributed by atoms with E-state index in [1.54, 1.807) is 54.6 Å². The number of carbonyl (C=O) groups excluding carboxylic acids is 1. The van der Waals surface area contributed by atoms with Gasteiger partial charge in [0, 0.05) is 11.1 Å². The number of nitrogens with zero attached hydrogens (tertiary/aromatic N) is 1. The van der Waals surface area contributed by atoms with Gasteiger partial charge >= 0.3 is 0 Å². The van der Waals surface area contributed by atoms with Gasteiger partial charge in [-0.25, -0.2) is 4.39 Å². The van der Waals surface area contributed by atoms with E-state index in [2.05, 4.69) is 11.4 Å². The van der Waals surface area contributed by atoms with E-state index in [9.17, 15) is 14.4 Å². The van der Waals surface area contributed by atoms with Crippen LogP contribution in [-0.4, -0.2) is 5.91 Å². The summed E-state index contributed by atoms with van der Waals surface area (Å²) in [6.45, 7) is 0. The molecule has 116 valence electrons. The van der Waals surface area contributed by atoms with Crippen molar-refractivity contribution in [1.82, 2.24) is 0 Å². The lowest BCUT2D eigenvalue weighted by molar-refractivity contribution is 0.102. The molecule has 24 heavy (non-hydrogen) atoms. The van der Waals surface area contributed by atoms with Crippen LogP contribution in [0, 0.1) is 17.1 Å². The first-order valence-electron chi connectivity index (χ1n) is 7.35. The molecule has 1 N–H and O–H groups in total. The molecule has 3 nitrogen and oxygen atoms in total. The zero-order chi connectivity index (χ0) is 16.9. The quantitative estimate of drug-likeness (QED) is 0.766. The molecule has 1 amide bonds. The van der Waals surface area contributed by atoms with Crippen molar-refractivity contribution >= 4 is 11.6 Å². The summed E-state index contributed by atoms with van der Waals surface area (Å²) in [6, 6.07) is 22.1. The van der Waals surface area contributed by atoms with Crippen LogP contribution in [-0.2, 0) is 0 Å². The molecule has 0 unspecified atom stereocenters. The molecule has 0 fully saturated rings. The lowest BCUT2D eigenvalue weighted by atomic mass is 9.95. The summed E-state index contributed by atoms with van der Waals surface area (Å²) >= 11 is 0. The molecule has 0 atom stereocenters. The SMILES string of the molecule is N#Cc1ccccc1-c1ccccc1C(=O)Nc1ccccc1F. The maximum atomic E-state index is 13.8. The lowest BCUT2D eigenvalue weighted by Crippen LogP contribution is -2.14. The Bertz CT molecular complexity index is 944. The van der Waals surface area contributed by atoms with Gasteiger partial charge in [-0.3, -0.25) is 4.79 Å². The number of rotatable bonds is 3. The first kappa shape index (κ1) is 15.4. The summed E-state index contributed by atoms with van der Waals surface area (Å²) in [6.07, 6.45) is 0. The maximum Gasteiger partial charge on any atom is 0.256 e. The molecule has 3 rings (SSSR count). The van der Waals surface area contributed by atoms with Crippen LogP contribution in [0.4, 0.5) is 10.1 Å². The number of benzene rings is 3. The maximum absolute atomic E-state index is 13.8. The number of hydrogen-bond acceptors (Lipinski definition) is 2.